The fourth-order valence-corrected chi connectivity index (χ4v) is 2.70. The summed E-state index contributed by atoms with van der Waals surface area (Å²) in [6, 6.07) is 14.5. The summed E-state index contributed by atoms with van der Waals surface area (Å²) in [5.41, 5.74) is 3.11. The predicted octanol–water partition coefficient (Wildman–Crippen LogP) is 3.33. The highest BCUT2D eigenvalue weighted by Gasteiger charge is 2.17. The maximum absolute atomic E-state index is 12.3. The van der Waals surface area contributed by atoms with Crippen molar-refractivity contribution in [1.29, 1.82) is 0 Å². The molecule has 0 spiro atoms. The largest absolute Gasteiger partial charge is 0.465 e. The van der Waals surface area contributed by atoms with Gasteiger partial charge in [-0.1, -0.05) is 36.4 Å². The number of hydrogen-bond acceptors (Lipinski definition) is 5. The number of carbonyl (C=O) groups is 2. The smallest absolute Gasteiger partial charge is 0.337 e. The third-order valence-electron chi connectivity index (χ3n) is 4.14. The number of esters is 1. The molecular formula is C20H20O5. The molecule has 0 unspecified atom stereocenters. The molecule has 3 rings (SSSR count). The minimum Gasteiger partial charge on any atom is -0.465 e. The fourth-order valence-electron chi connectivity index (χ4n) is 2.70. The van der Waals surface area contributed by atoms with Crippen LogP contribution in [-0.2, 0) is 20.6 Å². The molecule has 5 nitrogen and oxygen atoms in total. The van der Waals surface area contributed by atoms with E-state index in [1.807, 2.05) is 24.3 Å². The zero-order valence-corrected chi connectivity index (χ0v) is 14.1. The van der Waals surface area contributed by atoms with Gasteiger partial charge in [-0.05, 0) is 24.1 Å². The summed E-state index contributed by atoms with van der Waals surface area (Å²) in [6.45, 7) is 1.24. The zero-order chi connectivity index (χ0) is 17.6. The summed E-state index contributed by atoms with van der Waals surface area (Å²) in [5.74, 6) is -0.364. The Bertz CT molecular complexity index is 728. The fraction of sp³-hybridized carbons (Fsp3) is 0.300. The Morgan fingerprint density at radius 3 is 2.16 bits per heavy atom. The van der Waals surface area contributed by atoms with Crippen LogP contribution in [-0.4, -0.2) is 32.1 Å². The number of aryl methyl sites for hydroxylation is 1. The van der Waals surface area contributed by atoms with Gasteiger partial charge in [-0.2, -0.15) is 0 Å². The Balaban J connectivity index is 1.55. The van der Waals surface area contributed by atoms with Crippen LogP contribution in [0.15, 0.2) is 48.5 Å². The van der Waals surface area contributed by atoms with Crippen LogP contribution >= 0.6 is 0 Å². The molecule has 0 N–H and O–H groups in total. The van der Waals surface area contributed by atoms with Crippen molar-refractivity contribution < 1.29 is 23.8 Å². The number of ketones is 1. The lowest BCUT2D eigenvalue weighted by molar-refractivity contribution is -0.0441. The molecule has 2 aromatic rings. The third kappa shape index (κ3) is 4.32. The minimum absolute atomic E-state index is 0.0444. The topological polar surface area (TPSA) is 61.8 Å². The number of carbonyl (C=O) groups excluding carboxylic acids is 2. The molecule has 1 saturated heterocycles. The van der Waals surface area contributed by atoms with Crippen molar-refractivity contribution >= 4 is 11.8 Å². The van der Waals surface area contributed by atoms with Crippen LogP contribution in [0.1, 0.15) is 44.6 Å². The van der Waals surface area contributed by atoms with E-state index in [-0.39, 0.29) is 12.1 Å². The number of methoxy groups -OCH3 is 1. The van der Waals surface area contributed by atoms with E-state index in [1.54, 1.807) is 24.3 Å². The Hall–Kier alpha value is -2.50. The highest BCUT2D eigenvalue weighted by atomic mass is 16.7. The summed E-state index contributed by atoms with van der Waals surface area (Å²) in [6.07, 6.45) is 0.793. The summed E-state index contributed by atoms with van der Waals surface area (Å²) < 4.78 is 15.6. The SMILES string of the molecule is COC(=O)c1ccc(C(=O)CCc2ccc(C3OCCO3)cc2)cc1. The van der Waals surface area contributed by atoms with E-state index in [0.29, 0.717) is 37.2 Å². The number of hydrogen-bond donors (Lipinski definition) is 0. The van der Waals surface area contributed by atoms with Gasteiger partial charge in [0.2, 0.25) is 0 Å². The Morgan fingerprint density at radius 1 is 0.960 bits per heavy atom. The molecule has 130 valence electrons. The first-order valence-corrected chi connectivity index (χ1v) is 8.21. The first kappa shape index (κ1) is 17.3. The number of Topliss-reactive ketones (excluding diaryl/α,β-unsaturated/α-hetero) is 1. The lowest BCUT2D eigenvalue weighted by Gasteiger charge is -2.10. The average Bonchev–Trinajstić information content (AvgIpc) is 3.21. The summed E-state index contributed by atoms with van der Waals surface area (Å²) in [5, 5.41) is 0. The Morgan fingerprint density at radius 2 is 1.56 bits per heavy atom. The molecule has 0 atom stereocenters. The van der Waals surface area contributed by atoms with Crippen molar-refractivity contribution in [1.82, 2.24) is 0 Å². The van der Waals surface area contributed by atoms with Gasteiger partial charge in [-0.3, -0.25) is 4.79 Å². The van der Waals surface area contributed by atoms with Gasteiger partial charge in [0.1, 0.15) is 0 Å². The summed E-state index contributed by atoms with van der Waals surface area (Å²) in [7, 11) is 1.33. The molecule has 0 aromatic heterocycles. The van der Waals surface area contributed by atoms with E-state index in [1.165, 1.54) is 7.11 Å². The Labute approximate surface area is 146 Å². The normalized spacial score (nSPS) is 14.4. The first-order chi connectivity index (χ1) is 12.2. The van der Waals surface area contributed by atoms with Crippen LogP contribution in [0.5, 0.6) is 0 Å². The molecule has 0 aliphatic carbocycles. The molecule has 25 heavy (non-hydrogen) atoms. The van der Waals surface area contributed by atoms with Gasteiger partial charge in [0.15, 0.2) is 12.1 Å². The highest BCUT2D eigenvalue weighted by Crippen LogP contribution is 2.23. The van der Waals surface area contributed by atoms with E-state index in [9.17, 15) is 9.59 Å². The molecule has 0 amide bonds. The number of rotatable bonds is 6. The highest BCUT2D eigenvalue weighted by molar-refractivity contribution is 5.97. The van der Waals surface area contributed by atoms with E-state index >= 15 is 0 Å². The van der Waals surface area contributed by atoms with Gasteiger partial charge >= 0.3 is 5.97 Å². The minimum atomic E-state index is -0.408. The number of ether oxygens (including phenoxy) is 3. The van der Waals surface area contributed by atoms with Crippen LogP contribution in [0.4, 0.5) is 0 Å². The second-order valence-electron chi connectivity index (χ2n) is 5.81. The maximum atomic E-state index is 12.3. The molecule has 0 saturated carbocycles. The zero-order valence-electron chi connectivity index (χ0n) is 14.1. The maximum Gasteiger partial charge on any atom is 0.337 e. The van der Waals surface area contributed by atoms with E-state index < -0.39 is 5.97 Å². The summed E-state index contributed by atoms with van der Waals surface area (Å²) in [4.78, 5) is 23.7. The quantitative estimate of drug-likeness (QED) is 0.596. The third-order valence-corrected chi connectivity index (χ3v) is 4.14. The first-order valence-electron chi connectivity index (χ1n) is 8.21. The molecule has 5 heteroatoms. The van der Waals surface area contributed by atoms with Crippen LogP contribution in [0, 0.1) is 0 Å². The second-order valence-corrected chi connectivity index (χ2v) is 5.81. The van der Waals surface area contributed by atoms with Gasteiger partial charge in [-0.25, -0.2) is 4.79 Å². The van der Waals surface area contributed by atoms with Crippen molar-refractivity contribution in [3.05, 3.63) is 70.8 Å². The van der Waals surface area contributed by atoms with Crippen LogP contribution in [0.3, 0.4) is 0 Å². The molecule has 0 radical (unpaired) electrons. The van der Waals surface area contributed by atoms with Crippen LogP contribution in [0.25, 0.3) is 0 Å². The van der Waals surface area contributed by atoms with Gasteiger partial charge in [0.05, 0.1) is 25.9 Å². The predicted molar refractivity (Wildman–Crippen MR) is 91.5 cm³/mol. The summed E-state index contributed by atoms with van der Waals surface area (Å²) >= 11 is 0. The van der Waals surface area contributed by atoms with Crippen molar-refractivity contribution in [2.75, 3.05) is 20.3 Å². The van der Waals surface area contributed by atoms with Gasteiger partial charge in [0, 0.05) is 17.5 Å². The van der Waals surface area contributed by atoms with Crippen molar-refractivity contribution in [2.24, 2.45) is 0 Å². The van der Waals surface area contributed by atoms with Gasteiger partial charge in [-0.15, -0.1) is 0 Å². The van der Waals surface area contributed by atoms with Crippen molar-refractivity contribution in [3.8, 4) is 0 Å². The van der Waals surface area contributed by atoms with Gasteiger partial charge in [0.25, 0.3) is 0 Å². The molecule has 0 bridgehead atoms. The molecular weight excluding hydrogens is 320 g/mol. The Kier molecular flexibility index (Phi) is 5.58. The van der Waals surface area contributed by atoms with E-state index in [2.05, 4.69) is 4.74 Å². The lowest BCUT2D eigenvalue weighted by atomic mass is 10.0. The molecule has 1 aliphatic heterocycles. The molecule has 1 heterocycles. The van der Waals surface area contributed by atoms with E-state index in [0.717, 1.165) is 11.1 Å². The second kappa shape index (κ2) is 8.05. The van der Waals surface area contributed by atoms with Crippen molar-refractivity contribution in [2.45, 2.75) is 19.1 Å². The van der Waals surface area contributed by atoms with Crippen molar-refractivity contribution in [3.63, 3.8) is 0 Å². The monoisotopic (exact) mass is 340 g/mol. The molecule has 1 fully saturated rings. The van der Waals surface area contributed by atoms with Crippen LogP contribution < -0.4 is 0 Å². The standard InChI is InChI=1S/C20H20O5/c1-23-19(22)16-9-7-15(8-10-16)18(21)11-4-14-2-5-17(6-3-14)20-24-12-13-25-20/h2-3,5-10,20H,4,11-13H2,1H3. The lowest BCUT2D eigenvalue weighted by Crippen LogP contribution is -2.04. The van der Waals surface area contributed by atoms with E-state index in [4.69, 9.17) is 9.47 Å². The van der Waals surface area contributed by atoms with Gasteiger partial charge < -0.3 is 14.2 Å². The number of benzene rings is 2. The molecule has 2 aromatic carbocycles. The molecule has 1 aliphatic rings. The average molecular weight is 340 g/mol. The van der Waals surface area contributed by atoms with Crippen LogP contribution in [0.2, 0.25) is 0 Å².